The Labute approximate surface area is 94.6 Å². The zero-order chi connectivity index (χ0) is 12.2. The summed E-state index contributed by atoms with van der Waals surface area (Å²) in [5.74, 6) is 0. The van der Waals surface area contributed by atoms with Crippen LogP contribution >= 0.6 is 0 Å². The van der Waals surface area contributed by atoms with Crippen molar-refractivity contribution in [1.82, 2.24) is 4.98 Å². The molecule has 1 N–H and O–H groups in total. The summed E-state index contributed by atoms with van der Waals surface area (Å²) in [7, 11) is 0. The van der Waals surface area contributed by atoms with Gasteiger partial charge in [0.25, 0.3) is 0 Å². The summed E-state index contributed by atoms with van der Waals surface area (Å²) in [5.41, 5.74) is 0.121. The molecule has 1 rings (SSSR count). The van der Waals surface area contributed by atoms with E-state index in [4.69, 9.17) is 4.74 Å². The Balaban J connectivity index is 2.53. The number of hydrogen-bond acceptors (Lipinski definition) is 4. The van der Waals surface area contributed by atoms with E-state index >= 15 is 0 Å². The van der Waals surface area contributed by atoms with E-state index in [0.29, 0.717) is 0 Å². The second-order valence-electron chi connectivity index (χ2n) is 4.46. The lowest BCUT2D eigenvalue weighted by molar-refractivity contribution is -0.784. The quantitative estimate of drug-likeness (QED) is 0.758. The van der Waals surface area contributed by atoms with E-state index in [2.05, 4.69) is 4.98 Å². The number of pyridine rings is 1. The molecule has 1 atom stereocenters. The van der Waals surface area contributed by atoms with Gasteiger partial charge in [-0.05, 0) is 32.9 Å². The second-order valence-corrected chi connectivity index (χ2v) is 4.46. The van der Waals surface area contributed by atoms with Crippen LogP contribution in [0.15, 0.2) is 24.5 Å². The molecule has 0 aliphatic rings. The summed E-state index contributed by atoms with van der Waals surface area (Å²) in [6.07, 6.45) is 2.37. The highest BCUT2D eigenvalue weighted by atomic mass is 16.6. The third-order valence-electron chi connectivity index (χ3n) is 1.74. The number of carbonyl (C=O) groups is 1. The van der Waals surface area contributed by atoms with Gasteiger partial charge in [0.2, 0.25) is 0 Å². The second kappa shape index (κ2) is 5.05. The first-order valence-corrected chi connectivity index (χ1v) is 5.03. The van der Waals surface area contributed by atoms with Crippen molar-refractivity contribution in [2.45, 2.75) is 32.9 Å². The van der Waals surface area contributed by atoms with Gasteiger partial charge in [-0.3, -0.25) is 10.0 Å². The average molecular weight is 224 g/mol. The SMILES string of the molecule is CC(C)(C)OC(=O)[NH+]([O-])Cc1ccncc1. The first-order chi connectivity index (χ1) is 7.38. The molecular weight excluding hydrogens is 208 g/mol. The first kappa shape index (κ1) is 12.6. The van der Waals surface area contributed by atoms with Crippen molar-refractivity contribution < 1.29 is 14.6 Å². The fourth-order valence-corrected chi connectivity index (χ4v) is 1.09. The van der Waals surface area contributed by atoms with Crippen molar-refractivity contribution in [3.63, 3.8) is 0 Å². The topological polar surface area (TPSA) is 66.7 Å². The maximum absolute atomic E-state index is 11.5. The fraction of sp³-hybridized carbons (Fsp3) is 0.455. The van der Waals surface area contributed by atoms with E-state index in [1.165, 1.54) is 0 Å². The molecule has 5 heteroatoms. The Kier molecular flexibility index (Phi) is 3.98. The van der Waals surface area contributed by atoms with Gasteiger partial charge in [0.1, 0.15) is 12.1 Å². The Morgan fingerprint density at radius 1 is 1.44 bits per heavy atom. The molecule has 0 saturated carbocycles. The number of carbonyl (C=O) groups excluding carboxylic acids is 1. The van der Waals surface area contributed by atoms with Crippen molar-refractivity contribution >= 4 is 6.09 Å². The minimum atomic E-state index is -0.788. The molecule has 1 heterocycles. The number of nitrogens with zero attached hydrogens (tertiary/aromatic N) is 1. The number of nitrogens with one attached hydrogen (secondary N) is 1. The van der Waals surface area contributed by atoms with Crippen molar-refractivity contribution in [2.75, 3.05) is 0 Å². The third-order valence-corrected chi connectivity index (χ3v) is 1.74. The molecule has 0 aliphatic carbocycles. The lowest BCUT2D eigenvalue weighted by atomic mass is 10.2. The monoisotopic (exact) mass is 224 g/mol. The molecule has 16 heavy (non-hydrogen) atoms. The highest BCUT2D eigenvalue weighted by molar-refractivity contribution is 5.57. The van der Waals surface area contributed by atoms with Gasteiger partial charge >= 0.3 is 6.09 Å². The smallest absolute Gasteiger partial charge is 0.515 e. The molecule has 1 unspecified atom stereocenters. The number of rotatable bonds is 2. The first-order valence-electron chi connectivity index (χ1n) is 5.03. The molecule has 0 radical (unpaired) electrons. The summed E-state index contributed by atoms with van der Waals surface area (Å²) in [5, 5.41) is 11.0. The Bertz CT molecular complexity index is 346. The van der Waals surface area contributed by atoms with E-state index in [0.717, 1.165) is 5.56 Å². The molecule has 0 saturated heterocycles. The third kappa shape index (κ3) is 4.37. The number of quaternary nitrogens is 1. The van der Waals surface area contributed by atoms with E-state index < -0.39 is 16.8 Å². The average Bonchev–Trinajstić information content (AvgIpc) is 2.16. The number of alkyl carbamates (subject to hydrolysis) is 1. The van der Waals surface area contributed by atoms with Crippen LogP contribution in [-0.2, 0) is 11.3 Å². The number of hydrogen-bond donors (Lipinski definition) is 1. The minimum absolute atomic E-state index is 0.0530. The lowest BCUT2D eigenvalue weighted by Gasteiger charge is -2.24. The van der Waals surface area contributed by atoms with E-state index in [-0.39, 0.29) is 6.54 Å². The molecule has 0 aromatic carbocycles. The highest BCUT2D eigenvalue weighted by Crippen LogP contribution is 2.05. The summed E-state index contributed by atoms with van der Waals surface area (Å²) in [6.45, 7) is 5.23. The van der Waals surface area contributed by atoms with Gasteiger partial charge in [0.15, 0.2) is 0 Å². The molecule has 5 nitrogen and oxygen atoms in total. The molecule has 0 bridgehead atoms. The van der Waals surface area contributed by atoms with Gasteiger partial charge in [-0.15, -0.1) is 0 Å². The number of aromatic nitrogens is 1. The van der Waals surface area contributed by atoms with Crippen molar-refractivity contribution in [2.24, 2.45) is 0 Å². The van der Waals surface area contributed by atoms with Crippen molar-refractivity contribution in [1.29, 1.82) is 0 Å². The summed E-state index contributed by atoms with van der Waals surface area (Å²) in [4.78, 5) is 15.2. The van der Waals surface area contributed by atoms with Crippen LogP contribution in [0.25, 0.3) is 0 Å². The highest BCUT2D eigenvalue weighted by Gasteiger charge is 2.21. The maximum Gasteiger partial charge on any atom is 0.515 e. The Morgan fingerprint density at radius 2 is 2.00 bits per heavy atom. The normalized spacial score (nSPS) is 13.2. The number of hydroxylamine groups is 2. The molecule has 0 fully saturated rings. The van der Waals surface area contributed by atoms with Gasteiger partial charge < -0.3 is 9.94 Å². The lowest BCUT2D eigenvalue weighted by Crippen LogP contribution is -3.08. The zero-order valence-corrected chi connectivity index (χ0v) is 9.69. The largest absolute Gasteiger partial charge is 0.624 e. The predicted octanol–water partition coefficient (Wildman–Crippen LogP) is 0.899. The molecule has 0 aliphatic heterocycles. The number of ether oxygens (including phenoxy) is 1. The summed E-state index contributed by atoms with van der Waals surface area (Å²) >= 11 is 0. The number of amides is 1. The molecule has 0 spiro atoms. The van der Waals surface area contributed by atoms with Gasteiger partial charge in [0.05, 0.1) is 0 Å². The van der Waals surface area contributed by atoms with Gasteiger partial charge in [-0.2, -0.15) is 4.79 Å². The molecule has 1 amide bonds. The maximum atomic E-state index is 11.5. The van der Waals surface area contributed by atoms with E-state index in [1.807, 2.05) is 0 Å². The van der Waals surface area contributed by atoms with Crippen LogP contribution in [-0.4, -0.2) is 16.7 Å². The van der Waals surface area contributed by atoms with E-state index in [1.54, 1.807) is 45.3 Å². The van der Waals surface area contributed by atoms with Crippen LogP contribution in [0, 0.1) is 5.21 Å². The Morgan fingerprint density at radius 3 is 2.50 bits per heavy atom. The molecule has 1 aromatic heterocycles. The van der Waals surface area contributed by atoms with Gasteiger partial charge in [-0.1, -0.05) is 0 Å². The van der Waals surface area contributed by atoms with Crippen LogP contribution in [0.3, 0.4) is 0 Å². The standard InChI is InChI=1S/C11H16N2O3/c1-11(2,3)16-10(14)13(15)8-9-4-6-12-7-5-9/h4-7,13H,8H2,1-3H3. The van der Waals surface area contributed by atoms with Crippen LogP contribution < -0.4 is 5.06 Å². The molecular formula is C11H16N2O3. The molecule has 1 aromatic rings. The summed E-state index contributed by atoms with van der Waals surface area (Å²) in [6, 6.07) is 3.39. The van der Waals surface area contributed by atoms with Crippen molar-refractivity contribution in [3.05, 3.63) is 35.3 Å². The predicted molar refractivity (Wildman–Crippen MR) is 58.5 cm³/mol. The molecule has 88 valence electrons. The Hall–Kier alpha value is -1.46. The fourth-order valence-electron chi connectivity index (χ4n) is 1.09. The zero-order valence-electron chi connectivity index (χ0n) is 9.69. The van der Waals surface area contributed by atoms with Crippen molar-refractivity contribution in [3.8, 4) is 0 Å². The van der Waals surface area contributed by atoms with Crippen LogP contribution in [0.1, 0.15) is 26.3 Å². The van der Waals surface area contributed by atoms with Crippen LogP contribution in [0.2, 0.25) is 0 Å². The van der Waals surface area contributed by atoms with Gasteiger partial charge in [-0.25, -0.2) is 0 Å². The van der Waals surface area contributed by atoms with Crippen LogP contribution in [0.5, 0.6) is 0 Å². The van der Waals surface area contributed by atoms with Crippen LogP contribution in [0.4, 0.5) is 4.79 Å². The minimum Gasteiger partial charge on any atom is -0.624 e. The summed E-state index contributed by atoms with van der Waals surface area (Å²) < 4.78 is 4.97. The van der Waals surface area contributed by atoms with Gasteiger partial charge in [0, 0.05) is 18.0 Å². The van der Waals surface area contributed by atoms with E-state index in [9.17, 15) is 10.0 Å².